The molecule has 0 spiro atoms. The molecule has 0 radical (unpaired) electrons. The van der Waals surface area contributed by atoms with Gasteiger partial charge < -0.3 is 15.7 Å². The molecule has 0 rings (SSSR count). The van der Waals surface area contributed by atoms with E-state index in [1.807, 2.05) is 0 Å². The number of carbonyl (C=O) groups is 1. The van der Waals surface area contributed by atoms with Crippen molar-refractivity contribution in [1.82, 2.24) is 4.90 Å². The van der Waals surface area contributed by atoms with Gasteiger partial charge in [0.25, 0.3) is 0 Å². The first-order chi connectivity index (χ1) is 6.85. The summed E-state index contributed by atoms with van der Waals surface area (Å²) in [6.07, 6.45) is 1.56. The molecule has 0 aliphatic heterocycles. The summed E-state index contributed by atoms with van der Waals surface area (Å²) in [4.78, 5) is 13.1. The van der Waals surface area contributed by atoms with Crippen LogP contribution in [0.3, 0.4) is 0 Å². The third kappa shape index (κ3) is 4.62. The number of nitrogens with zero attached hydrogens (tertiary/aromatic N) is 1. The Hall–Kier alpha value is -0.610. The van der Waals surface area contributed by atoms with Gasteiger partial charge >= 0.3 is 5.97 Å². The predicted molar refractivity (Wildman–Crippen MR) is 61.8 cm³/mol. The van der Waals surface area contributed by atoms with Gasteiger partial charge in [-0.05, 0) is 33.2 Å². The monoisotopic (exact) mass is 216 g/mol. The molecule has 4 heteroatoms. The molecule has 90 valence electrons. The number of carboxylic acid groups (broad SMARTS) is 1. The van der Waals surface area contributed by atoms with Crippen LogP contribution in [-0.2, 0) is 4.79 Å². The largest absolute Gasteiger partial charge is 0.480 e. The molecule has 0 aromatic carbocycles. The molecule has 4 nitrogen and oxygen atoms in total. The van der Waals surface area contributed by atoms with E-state index >= 15 is 0 Å². The molecule has 0 aromatic rings. The van der Waals surface area contributed by atoms with Crippen molar-refractivity contribution >= 4 is 5.97 Å². The van der Waals surface area contributed by atoms with Crippen molar-refractivity contribution in [2.45, 2.75) is 52.1 Å². The van der Waals surface area contributed by atoms with Gasteiger partial charge in [0.05, 0.1) is 0 Å². The van der Waals surface area contributed by atoms with Crippen molar-refractivity contribution in [3.8, 4) is 0 Å². The maximum absolute atomic E-state index is 10.8. The number of rotatable bonds is 7. The number of aliphatic carboxylic acids is 1. The van der Waals surface area contributed by atoms with Gasteiger partial charge in [-0.25, -0.2) is 0 Å². The quantitative estimate of drug-likeness (QED) is 0.673. The van der Waals surface area contributed by atoms with Crippen LogP contribution in [0, 0.1) is 0 Å². The fraction of sp³-hybridized carbons (Fsp3) is 0.909. The van der Waals surface area contributed by atoms with Gasteiger partial charge in [0.1, 0.15) is 5.54 Å². The van der Waals surface area contributed by atoms with Crippen LogP contribution in [0.5, 0.6) is 0 Å². The zero-order valence-corrected chi connectivity index (χ0v) is 10.3. The van der Waals surface area contributed by atoms with Crippen LogP contribution in [0.1, 0.15) is 40.5 Å². The minimum absolute atomic E-state index is 0.486. The lowest BCUT2D eigenvalue weighted by Gasteiger charge is -2.29. The summed E-state index contributed by atoms with van der Waals surface area (Å²) in [5, 5.41) is 8.88. The van der Waals surface area contributed by atoms with Crippen LogP contribution in [-0.4, -0.2) is 40.6 Å². The first-order valence-corrected chi connectivity index (χ1v) is 5.61. The SMILES string of the molecule is CCC(C)N(CC)CCC(C)(N)C(=O)O. The molecule has 0 saturated heterocycles. The fourth-order valence-corrected chi connectivity index (χ4v) is 1.43. The maximum atomic E-state index is 10.8. The molecule has 0 saturated carbocycles. The van der Waals surface area contributed by atoms with E-state index in [1.54, 1.807) is 6.92 Å². The van der Waals surface area contributed by atoms with Crippen LogP contribution in [0.2, 0.25) is 0 Å². The molecule has 15 heavy (non-hydrogen) atoms. The minimum atomic E-state index is -1.11. The molecule has 3 N–H and O–H groups in total. The number of carboxylic acids is 1. The van der Waals surface area contributed by atoms with E-state index in [2.05, 4.69) is 25.7 Å². The van der Waals surface area contributed by atoms with Crippen molar-refractivity contribution in [1.29, 1.82) is 0 Å². The Morgan fingerprint density at radius 1 is 1.53 bits per heavy atom. The lowest BCUT2D eigenvalue weighted by molar-refractivity contribution is -0.143. The van der Waals surface area contributed by atoms with E-state index in [1.165, 1.54) is 0 Å². The van der Waals surface area contributed by atoms with Gasteiger partial charge in [0.15, 0.2) is 0 Å². The van der Waals surface area contributed by atoms with E-state index in [0.29, 0.717) is 12.5 Å². The molecule has 2 atom stereocenters. The van der Waals surface area contributed by atoms with Gasteiger partial charge in [-0.3, -0.25) is 4.79 Å². The van der Waals surface area contributed by atoms with Gasteiger partial charge in [-0.2, -0.15) is 0 Å². The third-order valence-electron chi connectivity index (χ3n) is 3.03. The first-order valence-electron chi connectivity index (χ1n) is 5.61. The van der Waals surface area contributed by atoms with E-state index in [4.69, 9.17) is 10.8 Å². The molecule has 0 fully saturated rings. The molecular weight excluding hydrogens is 192 g/mol. The summed E-state index contributed by atoms with van der Waals surface area (Å²) in [7, 11) is 0. The second kappa shape index (κ2) is 6.08. The van der Waals surface area contributed by atoms with Crippen molar-refractivity contribution in [2.75, 3.05) is 13.1 Å². The first kappa shape index (κ1) is 14.4. The second-order valence-corrected chi connectivity index (χ2v) is 4.36. The van der Waals surface area contributed by atoms with Crippen molar-refractivity contribution in [3.63, 3.8) is 0 Å². The zero-order chi connectivity index (χ0) is 12.1. The summed E-state index contributed by atoms with van der Waals surface area (Å²) < 4.78 is 0. The highest BCUT2D eigenvalue weighted by molar-refractivity contribution is 5.77. The summed E-state index contributed by atoms with van der Waals surface area (Å²) in [6.45, 7) is 9.61. The van der Waals surface area contributed by atoms with Gasteiger partial charge in [0.2, 0.25) is 0 Å². The lowest BCUT2D eigenvalue weighted by Crippen LogP contribution is -2.48. The Morgan fingerprint density at radius 2 is 2.07 bits per heavy atom. The normalized spacial score (nSPS) is 17.5. The van der Waals surface area contributed by atoms with E-state index in [0.717, 1.165) is 19.5 Å². The third-order valence-corrected chi connectivity index (χ3v) is 3.03. The predicted octanol–water partition coefficient (Wildman–Crippen LogP) is 1.30. The van der Waals surface area contributed by atoms with Crippen LogP contribution in [0.15, 0.2) is 0 Å². The van der Waals surface area contributed by atoms with Crippen LogP contribution < -0.4 is 5.73 Å². The highest BCUT2D eigenvalue weighted by Crippen LogP contribution is 2.10. The standard InChI is InChI=1S/C11H24N2O2/c1-5-9(3)13(6-2)8-7-11(4,12)10(14)15/h9H,5-8,12H2,1-4H3,(H,14,15). The Balaban J connectivity index is 4.17. The summed E-state index contributed by atoms with van der Waals surface area (Å²) in [5.74, 6) is -0.928. The van der Waals surface area contributed by atoms with E-state index in [-0.39, 0.29) is 0 Å². The number of hydrogen-bond acceptors (Lipinski definition) is 3. The molecule has 0 bridgehead atoms. The minimum Gasteiger partial charge on any atom is -0.480 e. The van der Waals surface area contributed by atoms with Crippen LogP contribution in [0.25, 0.3) is 0 Å². The molecule has 0 aliphatic rings. The zero-order valence-electron chi connectivity index (χ0n) is 10.3. The molecule has 0 heterocycles. The molecule has 0 amide bonds. The molecular formula is C11H24N2O2. The Labute approximate surface area is 92.4 Å². The lowest BCUT2D eigenvalue weighted by atomic mass is 9.99. The van der Waals surface area contributed by atoms with Gasteiger partial charge in [-0.1, -0.05) is 13.8 Å². The smallest absolute Gasteiger partial charge is 0.323 e. The molecule has 0 aromatic heterocycles. The number of hydrogen-bond donors (Lipinski definition) is 2. The Kier molecular flexibility index (Phi) is 5.83. The second-order valence-electron chi connectivity index (χ2n) is 4.36. The van der Waals surface area contributed by atoms with Gasteiger partial charge in [-0.15, -0.1) is 0 Å². The fourth-order valence-electron chi connectivity index (χ4n) is 1.43. The van der Waals surface area contributed by atoms with Crippen molar-refractivity contribution in [2.24, 2.45) is 5.73 Å². The average molecular weight is 216 g/mol. The summed E-state index contributed by atoms with van der Waals surface area (Å²) in [6, 6.07) is 0.486. The van der Waals surface area contributed by atoms with E-state index in [9.17, 15) is 4.79 Å². The Morgan fingerprint density at radius 3 is 2.40 bits per heavy atom. The van der Waals surface area contributed by atoms with Crippen LogP contribution in [0.4, 0.5) is 0 Å². The highest BCUT2D eigenvalue weighted by Gasteiger charge is 2.28. The van der Waals surface area contributed by atoms with Crippen molar-refractivity contribution in [3.05, 3.63) is 0 Å². The molecule has 0 aliphatic carbocycles. The summed E-state index contributed by atoms with van der Waals surface area (Å²) in [5.41, 5.74) is 4.57. The summed E-state index contributed by atoms with van der Waals surface area (Å²) >= 11 is 0. The average Bonchev–Trinajstić information content (AvgIpc) is 2.17. The Bertz CT molecular complexity index is 205. The highest BCUT2D eigenvalue weighted by atomic mass is 16.4. The van der Waals surface area contributed by atoms with Gasteiger partial charge in [0, 0.05) is 12.6 Å². The topological polar surface area (TPSA) is 66.6 Å². The van der Waals surface area contributed by atoms with E-state index < -0.39 is 11.5 Å². The number of nitrogens with two attached hydrogens (primary N) is 1. The maximum Gasteiger partial charge on any atom is 0.323 e. The van der Waals surface area contributed by atoms with Crippen molar-refractivity contribution < 1.29 is 9.90 Å². The molecule has 2 unspecified atom stereocenters. The van der Waals surface area contributed by atoms with Crippen LogP contribution >= 0.6 is 0 Å².